The molecule has 4 N–H and O–H groups in total. The number of aromatic amines is 1. The Morgan fingerprint density at radius 3 is 3.11 bits per heavy atom. The molecule has 19 heavy (non-hydrogen) atoms. The number of hydrogen-bond donors (Lipinski definition) is 3. The van der Waals surface area contributed by atoms with Crippen molar-refractivity contribution in [3.05, 3.63) is 30.7 Å². The number of nitrogens with one attached hydrogen (secondary N) is 1. The van der Waals surface area contributed by atoms with Crippen molar-refractivity contribution in [2.45, 2.75) is 12.6 Å². The van der Waals surface area contributed by atoms with Crippen molar-refractivity contribution in [1.82, 2.24) is 19.9 Å². The maximum atomic E-state index is 9.88. The van der Waals surface area contributed by atoms with Crippen molar-refractivity contribution in [2.24, 2.45) is 5.92 Å². The van der Waals surface area contributed by atoms with E-state index >= 15 is 0 Å². The van der Waals surface area contributed by atoms with Crippen LogP contribution in [0.4, 0.5) is 5.82 Å². The number of hydrogen-bond acceptors (Lipinski definition) is 5. The summed E-state index contributed by atoms with van der Waals surface area (Å²) in [6, 6.07) is 0. The van der Waals surface area contributed by atoms with Crippen molar-refractivity contribution >= 4 is 16.9 Å². The van der Waals surface area contributed by atoms with Crippen molar-refractivity contribution in [2.75, 3.05) is 18.8 Å². The molecule has 0 unspecified atom stereocenters. The van der Waals surface area contributed by atoms with Crippen molar-refractivity contribution < 1.29 is 5.11 Å². The van der Waals surface area contributed by atoms with E-state index in [0.717, 1.165) is 29.7 Å². The Hall–Kier alpha value is -1.92. The fourth-order valence-corrected chi connectivity index (χ4v) is 2.63. The van der Waals surface area contributed by atoms with E-state index in [1.807, 2.05) is 12.3 Å². The van der Waals surface area contributed by atoms with E-state index in [0.29, 0.717) is 12.4 Å². The number of likely N-dealkylation sites (tertiary alicyclic amines) is 1. The number of aliphatic hydroxyl groups is 1. The van der Waals surface area contributed by atoms with Crippen LogP contribution in [-0.2, 0) is 6.54 Å². The van der Waals surface area contributed by atoms with E-state index in [1.54, 1.807) is 0 Å². The van der Waals surface area contributed by atoms with Gasteiger partial charge < -0.3 is 15.8 Å². The van der Waals surface area contributed by atoms with Gasteiger partial charge in [0.05, 0.1) is 11.6 Å². The van der Waals surface area contributed by atoms with Gasteiger partial charge >= 0.3 is 0 Å². The monoisotopic (exact) mass is 259 g/mol. The zero-order chi connectivity index (χ0) is 13.4. The molecule has 0 bridgehead atoms. The van der Waals surface area contributed by atoms with Gasteiger partial charge in [-0.25, -0.2) is 9.97 Å². The molecule has 0 amide bonds. The molecular weight excluding hydrogens is 242 g/mol. The number of β-amino-alcohol motifs (C(OH)–C–C–N with tert-alkyl or cyclic N) is 1. The predicted molar refractivity (Wildman–Crippen MR) is 73.3 cm³/mol. The van der Waals surface area contributed by atoms with Gasteiger partial charge in [-0.05, 0) is 0 Å². The number of rotatable bonds is 3. The molecule has 2 atom stereocenters. The van der Waals surface area contributed by atoms with Crippen LogP contribution in [0, 0.1) is 5.92 Å². The lowest BCUT2D eigenvalue weighted by atomic mass is 10.1. The van der Waals surface area contributed by atoms with Crippen molar-refractivity contribution in [1.29, 1.82) is 0 Å². The highest BCUT2D eigenvalue weighted by Crippen LogP contribution is 2.24. The molecule has 0 aliphatic carbocycles. The minimum atomic E-state index is -0.331. The van der Waals surface area contributed by atoms with Crippen LogP contribution in [0.5, 0.6) is 0 Å². The molecule has 1 aliphatic rings. The summed E-state index contributed by atoms with van der Waals surface area (Å²) in [7, 11) is 0. The summed E-state index contributed by atoms with van der Waals surface area (Å²) in [4.78, 5) is 13.5. The van der Waals surface area contributed by atoms with Gasteiger partial charge in [0.1, 0.15) is 11.8 Å². The highest BCUT2D eigenvalue weighted by atomic mass is 16.3. The van der Waals surface area contributed by atoms with Gasteiger partial charge in [0, 0.05) is 37.3 Å². The number of aliphatic hydroxyl groups excluding tert-OH is 1. The van der Waals surface area contributed by atoms with Crippen LogP contribution in [0.1, 0.15) is 5.56 Å². The number of nitrogen functional groups attached to an aromatic ring is 1. The summed E-state index contributed by atoms with van der Waals surface area (Å²) >= 11 is 0. The third-order valence-corrected chi connectivity index (χ3v) is 3.68. The van der Waals surface area contributed by atoms with Crippen LogP contribution in [0.25, 0.3) is 11.0 Å². The molecule has 1 saturated heterocycles. The zero-order valence-corrected chi connectivity index (χ0v) is 10.6. The van der Waals surface area contributed by atoms with Crippen LogP contribution in [0.2, 0.25) is 0 Å². The fraction of sp³-hybridized carbons (Fsp3) is 0.385. The Bertz CT molecular complexity index is 608. The lowest BCUT2D eigenvalue weighted by Crippen LogP contribution is -2.21. The van der Waals surface area contributed by atoms with Gasteiger partial charge in [-0.1, -0.05) is 6.08 Å². The normalized spacial score (nSPS) is 24.1. The lowest BCUT2D eigenvalue weighted by molar-refractivity contribution is 0.156. The SMILES string of the molecule is C=C[C@H]1CN(Cc2c[nH]c3c(N)ncnc23)C[C@@H]1O. The van der Waals surface area contributed by atoms with Crippen LogP contribution >= 0.6 is 0 Å². The first-order valence-electron chi connectivity index (χ1n) is 6.28. The predicted octanol–water partition coefficient (Wildman–Crippen LogP) is 0.519. The van der Waals surface area contributed by atoms with Crippen LogP contribution < -0.4 is 5.73 Å². The van der Waals surface area contributed by atoms with Gasteiger partial charge in [0.25, 0.3) is 0 Å². The second-order valence-corrected chi connectivity index (χ2v) is 4.96. The molecule has 0 saturated carbocycles. The molecule has 0 aromatic carbocycles. The average molecular weight is 259 g/mol. The molecule has 2 aromatic rings. The molecule has 0 spiro atoms. The van der Waals surface area contributed by atoms with Gasteiger partial charge in [-0.15, -0.1) is 6.58 Å². The number of fused-ring (bicyclic) bond motifs is 1. The summed E-state index contributed by atoms with van der Waals surface area (Å²) in [5.41, 5.74) is 8.49. The van der Waals surface area contributed by atoms with E-state index in [9.17, 15) is 5.11 Å². The molecule has 0 radical (unpaired) electrons. The summed E-state index contributed by atoms with van der Waals surface area (Å²) in [6.07, 6.45) is 4.87. The molecule has 3 rings (SSSR count). The molecule has 1 aliphatic heterocycles. The van der Waals surface area contributed by atoms with Crippen molar-refractivity contribution in [3.8, 4) is 0 Å². The van der Waals surface area contributed by atoms with Gasteiger partial charge in [-0.3, -0.25) is 4.90 Å². The van der Waals surface area contributed by atoms with Gasteiger partial charge in [-0.2, -0.15) is 0 Å². The average Bonchev–Trinajstić information content (AvgIpc) is 2.95. The fourth-order valence-electron chi connectivity index (χ4n) is 2.63. The quantitative estimate of drug-likeness (QED) is 0.699. The third kappa shape index (κ3) is 2.09. The molecule has 1 fully saturated rings. The summed E-state index contributed by atoms with van der Waals surface area (Å²) in [5, 5.41) is 9.88. The second-order valence-electron chi connectivity index (χ2n) is 4.96. The minimum absolute atomic E-state index is 0.143. The topological polar surface area (TPSA) is 91.1 Å². The Morgan fingerprint density at radius 1 is 1.53 bits per heavy atom. The second kappa shape index (κ2) is 4.64. The van der Waals surface area contributed by atoms with E-state index in [2.05, 4.69) is 26.4 Å². The number of aromatic nitrogens is 3. The highest BCUT2D eigenvalue weighted by Gasteiger charge is 2.29. The number of H-pyrrole nitrogens is 1. The minimum Gasteiger partial charge on any atom is -0.391 e. The maximum absolute atomic E-state index is 9.88. The van der Waals surface area contributed by atoms with Gasteiger partial charge in [0.2, 0.25) is 0 Å². The van der Waals surface area contributed by atoms with Crippen LogP contribution in [-0.4, -0.2) is 44.2 Å². The van der Waals surface area contributed by atoms with Gasteiger partial charge in [0.15, 0.2) is 5.82 Å². The number of anilines is 1. The summed E-state index contributed by atoms with van der Waals surface area (Å²) in [5.74, 6) is 0.603. The molecule has 6 heteroatoms. The smallest absolute Gasteiger partial charge is 0.151 e. The molecule has 2 aromatic heterocycles. The Balaban J connectivity index is 1.83. The van der Waals surface area contributed by atoms with E-state index in [4.69, 9.17) is 5.73 Å². The molecular formula is C13H17N5O. The lowest BCUT2D eigenvalue weighted by Gasteiger charge is -2.13. The largest absolute Gasteiger partial charge is 0.391 e. The third-order valence-electron chi connectivity index (χ3n) is 3.68. The molecule has 6 nitrogen and oxygen atoms in total. The first kappa shape index (κ1) is 12.1. The van der Waals surface area contributed by atoms with E-state index < -0.39 is 0 Å². The van der Waals surface area contributed by atoms with Crippen LogP contribution in [0.15, 0.2) is 25.2 Å². The Morgan fingerprint density at radius 2 is 2.37 bits per heavy atom. The first-order valence-corrected chi connectivity index (χ1v) is 6.28. The van der Waals surface area contributed by atoms with E-state index in [-0.39, 0.29) is 12.0 Å². The standard InChI is InChI=1S/C13H17N5O/c1-2-8-4-18(6-10(8)19)5-9-3-15-12-11(9)16-7-17-13(12)14/h2-3,7-8,10,15,19H,1,4-6H2,(H2,14,16,17)/t8-,10-/m0/s1. The summed E-state index contributed by atoms with van der Waals surface area (Å²) < 4.78 is 0. The van der Waals surface area contributed by atoms with Crippen LogP contribution in [0.3, 0.4) is 0 Å². The Labute approximate surface area is 111 Å². The molecule has 100 valence electrons. The Kier molecular flexibility index (Phi) is 2.96. The summed E-state index contributed by atoms with van der Waals surface area (Å²) in [6.45, 7) is 5.96. The first-order chi connectivity index (χ1) is 9.19. The highest BCUT2D eigenvalue weighted by molar-refractivity contribution is 5.86. The zero-order valence-electron chi connectivity index (χ0n) is 10.6. The molecule has 3 heterocycles. The van der Waals surface area contributed by atoms with Crippen molar-refractivity contribution in [3.63, 3.8) is 0 Å². The number of nitrogens with two attached hydrogens (primary N) is 1. The van der Waals surface area contributed by atoms with E-state index in [1.165, 1.54) is 6.33 Å². The number of nitrogens with zero attached hydrogens (tertiary/aromatic N) is 3. The maximum Gasteiger partial charge on any atom is 0.151 e.